The number of piperazine rings is 1. The number of methoxy groups -OCH3 is 1. The van der Waals surface area contributed by atoms with Crippen molar-refractivity contribution in [2.45, 2.75) is 13.5 Å². The molecule has 1 heterocycles. The van der Waals surface area contributed by atoms with Crippen molar-refractivity contribution in [3.63, 3.8) is 0 Å². The van der Waals surface area contributed by atoms with Gasteiger partial charge >= 0.3 is 0 Å². The fourth-order valence-electron chi connectivity index (χ4n) is 3.71. The SMILES string of the molecule is CCNC(=NCC(=O)NCCOC)N1CCN(Cc2cccc3ccccc23)CC1.I. The highest BCUT2D eigenvalue weighted by molar-refractivity contribution is 14.0. The number of nitrogens with one attached hydrogen (secondary N) is 2. The first kappa shape index (κ1) is 25.4. The predicted octanol–water partition coefficient (Wildman–Crippen LogP) is 2.30. The van der Waals surface area contributed by atoms with Gasteiger partial charge in [0.1, 0.15) is 6.54 Å². The number of fused-ring (bicyclic) bond motifs is 1. The lowest BCUT2D eigenvalue weighted by Crippen LogP contribution is -2.52. The van der Waals surface area contributed by atoms with Crippen LogP contribution in [0.3, 0.4) is 0 Å². The van der Waals surface area contributed by atoms with Crippen molar-refractivity contribution < 1.29 is 9.53 Å². The molecule has 8 heteroatoms. The number of guanidine groups is 1. The van der Waals surface area contributed by atoms with Gasteiger partial charge in [0.25, 0.3) is 0 Å². The summed E-state index contributed by atoms with van der Waals surface area (Å²) in [5.41, 5.74) is 1.37. The molecule has 2 N–H and O–H groups in total. The number of halogens is 1. The maximum atomic E-state index is 11.9. The molecule has 0 spiro atoms. The Balaban J connectivity index is 0.00000341. The van der Waals surface area contributed by atoms with Gasteiger partial charge in [-0.15, -0.1) is 24.0 Å². The molecular formula is C23H34IN5O2. The summed E-state index contributed by atoms with van der Waals surface area (Å²) < 4.78 is 4.95. The molecule has 1 saturated heterocycles. The van der Waals surface area contributed by atoms with Crippen LogP contribution in [-0.2, 0) is 16.1 Å². The summed E-state index contributed by atoms with van der Waals surface area (Å²) in [5, 5.41) is 8.74. The average molecular weight is 539 g/mol. The number of nitrogens with zero attached hydrogens (tertiary/aromatic N) is 3. The molecule has 0 radical (unpaired) electrons. The van der Waals surface area contributed by atoms with E-state index < -0.39 is 0 Å². The minimum absolute atomic E-state index is 0. The molecule has 7 nitrogen and oxygen atoms in total. The van der Waals surface area contributed by atoms with Crippen LogP contribution in [0.25, 0.3) is 10.8 Å². The summed E-state index contributed by atoms with van der Waals surface area (Å²) in [6, 6.07) is 15.1. The predicted molar refractivity (Wildman–Crippen MR) is 137 cm³/mol. The summed E-state index contributed by atoms with van der Waals surface area (Å²) in [4.78, 5) is 21.2. The Kier molecular flexibility index (Phi) is 11.0. The van der Waals surface area contributed by atoms with Crippen molar-refractivity contribution in [2.75, 3.05) is 59.5 Å². The molecule has 2 aromatic rings. The van der Waals surface area contributed by atoms with Crippen LogP contribution in [0.1, 0.15) is 12.5 Å². The van der Waals surface area contributed by atoms with Crippen molar-refractivity contribution in [3.8, 4) is 0 Å². The Morgan fingerprint density at radius 2 is 1.81 bits per heavy atom. The molecule has 1 amide bonds. The number of benzene rings is 2. The van der Waals surface area contributed by atoms with E-state index >= 15 is 0 Å². The van der Waals surface area contributed by atoms with Gasteiger partial charge in [-0.2, -0.15) is 0 Å². The lowest BCUT2D eigenvalue weighted by atomic mass is 10.0. The summed E-state index contributed by atoms with van der Waals surface area (Å²) >= 11 is 0. The second kappa shape index (κ2) is 13.5. The summed E-state index contributed by atoms with van der Waals surface area (Å²) in [5.74, 6) is 0.723. The molecule has 3 rings (SSSR count). The third kappa shape index (κ3) is 7.62. The molecule has 0 aromatic heterocycles. The van der Waals surface area contributed by atoms with Gasteiger partial charge in [-0.25, -0.2) is 4.99 Å². The van der Waals surface area contributed by atoms with Crippen molar-refractivity contribution in [2.24, 2.45) is 4.99 Å². The Bertz CT molecular complexity index is 847. The van der Waals surface area contributed by atoms with E-state index in [9.17, 15) is 4.79 Å². The minimum Gasteiger partial charge on any atom is -0.383 e. The van der Waals surface area contributed by atoms with Gasteiger partial charge in [0.05, 0.1) is 6.61 Å². The summed E-state index contributed by atoms with van der Waals surface area (Å²) in [6.45, 7) is 8.63. The van der Waals surface area contributed by atoms with Crippen LogP contribution >= 0.6 is 24.0 Å². The number of amides is 1. The van der Waals surface area contributed by atoms with Crippen LogP contribution in [0.15, 0.2) is 47.5 Å². The van der Waals surface area contributed by atoms with Crippen molar-refractivity contribution in [1.82, 2.24) is 20.4 Å². The van der Waals surface area contributed by atoms with E-state index in [-0.39, 0.29) is 36.4 Å². The second-order valence-electron chi connectivity index (χ2n) is 7.41. The van der Waals surface area contributed by atoms with Crippen LogP contribution in [0.5, 0.6) is 0 Å². The van der Waals surface area contributed by atoms with E-state index in [1.165, 1.54) is 16.3 Å². The second-order valence-corrected chi connectivity index (χ2v) is 7.41. The monoisotopic (exact) mass is 539 g/mol. The molecule has 0 unspecified atom stereocenters. The van der Waals surface area contributed by atoms with E-state index in [1.54, 1.807) is 7.11 Å². The zero-order valence-electron chi connectivity index (χ0n) is 18.5. The van der Waals surface area contributed by atoms with Crippen molar-refractivity contribution in [3.05, 3.63) is 48.0 Å². The highest BCUT2D eigenvalue weighted by Crippen LogP contribution is 2.20. The number of hydrogen-bond donors (Lipinski definition) is 2. The molecule has 0 saturated carbocycles. The number of carbonyl (C=O) groups is 1. The van der Waals surface area contributed by atoms with Crippen LogP contribution in [0.4, 0.5) is 0 Å². The molecule has 0 bridgehead atoms. The molecule has 0 atom stereocenters. The first-order valence-electron chi connectivity index (χ1n) is 10.7. The van der Waals surface area contributed by atoms with Crippen LogP contribution < -0.4 is 10.6 Å². The van der Waals surface area contributed by atoms with Crippen molar-refractivity contribution in [1.29, 1.82) is 0 Å². The number of hydrogen-bond acceptors (Lipinski definition) is 4. The maximum Gasteiger partial charge on any atom is 0.241 e. The first-order chi connectivity index (χ1) is 14.7. The number of aliphatic imine (C=N–C) groups is 1. The van der Waals surface area contributed by atoms with Gasteiger partial charge in [-0.3, -0.25) is 9.69 Å². The third-order valence-electron chi connectivity index (χ3n) is 5.28. The molecule has 31 heavy (non-hydrogen) atoms. The Morgan fingerprint density at radius 3 is 2.55 bits per heavy atom. The fraction of sp³-hybridized carbons (Fsp3) is 0.478. The van der Waals surface area contributed by atoms with E-state index in [4.69, 9.17) is 4.74 Å². The maximum absolute atomic E-state index is 11.9. The zero-order chi connectivity index (χ0) is 21.2. The number of ether oxygens (including phenoxy) is 1. The van der Waals surface area contributed by atoms with Gasteiger partial charge in [0.15, 0.2) is 5.96 Å². The van der Waals surface area contributed by atoms with E-state index in [2.05, 4.69) is 67.9 Å². The quantitative estimate of drug-likeness (QED) is 0.233. The highest BCUT2D eigenvalue weighted by Gasteiger charge is 2.20. The average Bonchev–Trinajstić information content (AvgIpc) is 2.78. The Hall–Kier alpha value is -1.91. The molecule has 170 valence electrons. The summed E-state index contributed by atoms with van der Waals surface area (Å²) in [6.07, 6.45) is 0. The number of rotatable bonds is 8. The molecule has 1 aliphatic rings. The first-order valence-corrected chi connectivity index (χ1v) is 10.7. The Morgan fingerprint density at radius 1 is 1.06 bits per heavy atom. The van der Waals surface area contributed by atoms with E-state index in [0.29, 0.717) is 13.2 Å². The largest absolute Gasteiger partial charge is 0.383 e. The molecule has 1 fully saturated rings. The van der Waals surface area contributed by atoms with Crippen molar-refractivity contribution >= 4 is 46.6 Å². The molecular weight excluding hydrogens is 505 g/mol. The van der Waals surface area contributed by atoms with Crippen LogP contribution in [-0.4, -0.2) is 81.2 Å². The van der Waals surface area contributed by atoms with E-state index in [1.807, 2.05) is 6.92 Å². The molecule has 1 aliphatic heterocycles. The lowest BCUT2D eigenvalue weighted by Gasteiger charge is -2.36. The van der Waals surface area contributed by atoms with Gasteiger partial charge in [0, 0.05) is 52.9 Å². The van der Waals surface area contributed by atoms with Gasteiger partial charge in [0.2, 0.25) is 5.91 Å². The smallest absolute Gasteiger partial charge is 0.241 e. The van der Waals surface area contributed by atoms with Crippen LogP contribution in [0.2, 0.25) is 0 Å². The van der Waals surface area contributed by atoms with E-state index in [0.717, 1.165) is 45.2 Å². The standard InChI is InChI=1S/C23H33N5O2.HI/c1-3-24-23(26-17-22(29)25-11-16-30-2)28-14-12-27(13-15-28)18-20-9-6-8-19-7-4-5-10-21(19)20;/h4-10H,3,11-18H2,1-2H3,(H,24,26)(H,25,29);1H. The van der Waals surface area contributed by atoms with Gasteiger partial charge in [-0.05, 0) is 23.3 Å². The van der Waals surface area contributed by atoms with Gasteiger partial charge < -0.3 is 20.3 Å². The molecule has 2 aromatic carbocycles. The lowest BCUT2D eigenvalue weighted by molar-refractivity contribution is -0.119. The summed E-state index contributed by atoms with van der Waals surface area (Å²) in [7, 11) is 1.62. The molecule has 0 aliphatic carbocycles. The fourth-order valence-corrected chi connectivity index (χ4v) is 3.71. The zero-order valence-corrected chi connectivity index (χ0v) is 20.8. The Labute approximate surface area is 202 Å². The minimum atomic E-state index is -0.0861. The highest BCUT2D eigenvalue weighted by atomic mass is 127. The van der Waals surface area contributed by atoms with Crippen LogP contribution in [0, 0.1) is 0 Å². The topological polar surface area (TPSA) is 69.2 Å². The van der Waals surface area contributed by atoms with Gasteiger partial charge in [-0.1, -0.05) is 42.5 Å². The number of carbonyl (C=O) groups excluding carboxylic acids is 1. The third-order valence-corrected chi connectivity index (χ3v) is 5.28. The normalized spacial score (nSPS) is 14.9.